The highest BCUT2D eigenvalue weighted by Crippen LogP contribution is 2.36. The van der Waals surface area contributed by atoms with Crippen molar-refractivity contribution in [2.24, 2.45) is 0 Å². The first-order valence-electron chi connectivity index (χ1n) is 8.22. The molecule has 22 heavy (non-hydrogen) atoms. The van der Waals surface area contributed by atoms with Crippen molar-refractivity contribution in [2.45, 2.75) is 45.8 Å². The van der Waals surface area contributed by atoms with Gasteiger partial charge < -0.3 is 19.5 Å². The van der Waals surface area contributed by atoms with E-state index in [9.17, 15) is 0 Å². The van der Waals surface area contributed by atoms with Crippen LogP contribution in [0.25, 0.3) is 0 Å². The van der Waals surface area contributed by atoms with Crippen molar-refractivity contribution >= 4 is 18.3 Å². The molecule has 120 valence electrons. The Kier molecular flexibility index (Phi) is 4.00. The van der Waals surface area contributed by atoms with Gasteiger partial charge in [0.25, 0.3) is 0 Å². The number of piperazine rings is 1. The van der Waals surface area contributed by atoms with E-state index in [0.717, 1.165) is 31.6 Å². The van der Waals surface area contributed by atoms with Crippen molar-refractivity contribution in [3.8, 4) is 0 Å². The Labute approximate surface area is 134 Å². The fourth-order valence-corrected chi connectivity index (χ4v) is 3.01. The second kappa shape index (κ2) is 5.55. The maximum Gasteiger partial charge on any atom is 0.495 e. The van der Waals surface area contributed by atoms with Crippen molar-refractivity contribution in [3.05, 3.63) is 23.8 Å². The van der Waals surface area contributed by atoms with E-state index in [1.807, 2.05) is 0 Å². The maximum atomic E-state index is 6.17. The molecule has 0 radical (unpaired) electrons. The molecule has 1 N–H and O–H groups in total. The first-order valence-corrected chi connectivity index (χ1v) is 8.22. The lowest BCUT2D eigenvalue weighted by molar-refractivity contribution is 0.00578. The van der Waals surface area contributed by atoms with Crippen LogP contribution in [0.2, 0.25) is 0 Å². The number of rotatable bonds is 2. The molecule has 0 saturated carbocycles. The van der Waals surface area contributed by atoms with E-state index in [4.69, 9.17) is 9.31 Å². The predicted octanol–water partition coefficient (Wildman–Crippen LogP) is 1.70. The number of hydrogen-bond donors (Lipinski definition) is 1. The summed E-state index contributed by atoms with van der Waals surface area (Å²) >= 11 is 0. The summed E-state index contributed by atoms with van der Waals surface area (Å²) in [5, 5.41) is 3.39. The summed E-state index contributed by atoms with van der Waals surface area (Å²) in [7, 11) is -0.276. The maximum absolute atomic E-state index is 6.17. The van der Waals surface area contributed by atoms with E-state index < -0.39 is 0 Å². The van der Waals surface area contributed by atoms with Crippen LogP contribution in [0.5, 0.6) is 0 Å². The van der Waals surface area contributed by atoms with Crippen LogP contribution in [0.4, 0.5) is 5.69 Å². The molecule has 5 heteroatoms. The SMILES string of the molecule is Cc1cc(N2CCNCC2)ccc1B1OC(C)(C)C(C)(C)O1. The highest BCUT2D eigenvalue weighted by atomic mass is 16.7. The summed E-state index contributed by atoms with van der Waals surface area (Å²) in [6, 6.07) is 6.61. The van der Waals surface area contributed by atoms with E-state index >= 15 is 0 Å². The van der Waals surface area contributed by atoms with Gasteiger partial charge in [0.05, 0.1) is 11.2 Å². The van der Waals surface area contributed by atoms with E-state index in [2.05, 4.69) is 63.0 Å². The number of benzene rings is 1. The molecule has 0 amide bonds. The molecular formula is C17H27BN2O2. The van der Waals surface area contributed by atoms with Gasteiger partial charge in [0.15, 0.2) is 0 Å². The lowest BCUT2D eigenvalue weighted by Gasteiger charge is -2.32. The van der Waals surface area contributed by atoms with Crippen LogP contribution < -0.4 is 15.7 Å². The van der Waals surface area contributed by atoms with Gasteiger partial charge in [-0.3, -0.25) is 0 Å². The van der Waals surface area contributed by atoms with Crippen LogP contribution in [-0.2, 0) is 9.31 Å². The molecule has 3 rings (SSSR count). The smallest absolute Gasteiger partial charge is 0.399 e. The van der Waals surface area contributed by atoms with Crippen LogP contribution in [0.1, 0.15) is 33.3 Å². The summed E-state index contributed by atoms with van der Waals surface area (Å²) in [5.41, 5.74) is 3.08. The zero-order chi connectivity index (χ0) is 16.0. The van der Waals surface area contributed by atoms with Crippen LogP contribution in [0.15, 0.2) is 18.2 Å². The van der Waals surface area contributed by atoms with Gasteiger partial charge in [0, 0.05) is 31.9 Å². The number of nitrogens with one attached hydrogen (secondary N) is 1. The van der Waals surface area contributed by atoms with Gasteiger partial charge in [-0.2, -0.15) is 0 Å². The minimum absolute atomic E-state index is 0.276. The van der Waals surface area contributed by atoms with Gasteiger partial charge in [-0.15, -0.1) is 0 Å². The Morgan fingerprint density at radius 1 is 1.05 bits per heavy atom. The molecule has 0 aliphatic carbocycles. The molecule has 0 atom stereocenters. The van der Waals surface area contributed by atoms with Gasteiger partial charge in [0.2, 0.25) is 0 Å². The summed E-state index contributed by atoms with van der Waals surface area (Å²) in [6.45, 7) is 14.8. The summed E-state index contributed by atoms with van der Waals surface area (Å²) in [6.07, 6.45) is 0. The zero-order valence-electron chi connectivity index (χ0n) is 14.4. The molecule has 0 spiro atoms. The number of anilines is 1. The third-order valence-corrected chi connectivity index (χ3v) is 5.24. The van der Waals surface area contributed by atoms with Crippen LogP contribution >= 0.6 is 0 Å². The van der Waals surface area contributed by atoms with E-state index in [-0.39, 0.29) is 18.3 Å². The van der Waals surface area contributed by atoms with Gasteiger partial charge in [-0.25, -0.2) is 0 Å². The first kappa shape index (κ1) is 15.8. The Balaban J connectivity index is 1.81. The van der Waals surface area contributed by atoms with Gasteiger partial charge >= 0.3 is 7.12 Å². The standard InChI is InChI=1S/C17H27BN2O2/c1-13-12-14(20-10-8-19-9-11-20)6-7-15(13)18-21-16(2,3)17(4,5)22-18/h6-7,12,19H,8-11H2,1-5H3. The second-order valence-corrected chi connectivity index (χ2v) is 7.37. The molecule has 1 aromatic rings. The Bertz CT molecular complexity index is 538. The van der Waals surface area contributed by atoms with E-state index in [1.165, 1.54) is 11.3 Å². The van der Waals surface area contributed by atoms with Crippen LogP contribution in [-0.4, -0.2) is 44.5 Å². The molecule has 0 unspecified atom stereocenters. The van der Waals surface area contributed by atoms with E-state index in [1.54, 1.807) is 0 Å². The summed E-state index contributed by atoms with van der Waals surface area (Å²) in [5.74, 6) is 0. The lowest BCUT2D eigenvalue weighted by atomic mass is 9.76. The molecule has 1 aromatic carbocycles. The Morgan fingerprint density at radius 3 is 2.18 bits per heavy atom. The molecule has 0 bridgehead atoms. The molecule has 2 aliphatic rings. The highest BCUT2D eigenvalue weighted by molar-refractivity contribution is 6.62. The average molecular weight is 302 g/mol. The second-order valence-electron chi connectivity index (χ2n) is 7.37. The fraction of sp³-hybridized carbons (Fsp3) is 0.647. The van der Waals surface area contributed by atoms with Crippen molar-refractivity contribution in [2.75, 3.05) is 31.1 Å². The minimum Gasteiger partial charge on any atom is -0.399 e. The lowest BCUT2D eigenvalue weighted by Crippen LogP contribution is -2.44. The molecule has 4 nitrogen and oxygen atoms in total. The predicted molar refractivity (Wildman–Crippen MR) is 92.0 cm³/mol. The number of nitrogens with zero attached hydrogens (tertiary/aromatic N) is 1. The first-order chi connectivity index (χ1) is 10.3. The molecule has 0 aromatic heterocycles. The summed E-state index contributed by atoms with van der Waals surface area (Å²) < 4.78 is 12.3. The fourth-order valence-electron chi connectivity index (χ4n) is 3.01. The normalized spacial score (nSPS) is 23.9. The van der Waals surface area contributed by atoms with Crippen molar-refractivity contribution in [3.63, 3.8) is 0 Å². The Hall–Kier alpha value is -1.04. The zero-order valence-corrected chi connectivity index (χ0v) is 14.4. The monoisotopic (exact) mass is 302 g/mol. The van der Waals surface area contributed by atoms with E-state index in [0.29, 0.717) is 0 Å². The van der Waals surface area contributed by atoms with Crippen molar-refractivity contribution in [1.82, 2.24) is 5.32 Å². The quantitative estimate of drug-likeness (QED) is 0.843. The highest BCUT2D eigenvalue weighted by Gasteiger charge is 2.52. The molecular weight excluding hydrogens is 275 g/mol. The number of hydrogen-bond acceptors (Lipinski definition) is 4. The van der Waals surface area contributed by atoms with Gasteiger partial charge in [-0.05, 0) is 57.8 Å². The van der Waals surface area contributed by atoms with Crippen LogP contribution in [0.3, 0.4) is 0 Å². The molecule has 2 aliphatic heterocycles. The number of aryl methyl sites for hydroxylation is 1. The van der Waals surface area contributed by atoms with Crippen molar-refractivity contribution < 1.29 is 9.31 Å². The van der Waals surface area contributed by atoms with Crippen molar-refractivity contribution in [1.29, 1.82) is 0 Å². The average Bonchev–Trinajstić information content (AvgIpc) is 2.68. The van der Waals surface area contributed by atoms with Gasteiger partial charge in [-0.1, -0.05) is 6.07 Å². The molecule has 2 saturated heterocycles. The van der Waals surface area contributed by atoms with Gasteiger partial charge in [0.1, 0.15) is 0 Å². The third-order valence-electron chi connectivity index (χ3n) is 5.24. The van der Waals surface area contributed by atoms with Crippen LogP contribution in [0, 0.1) is 6.92 Å². The molecule has 2 heterocycles. The third kappa shape index (κ3) is 2.77. The Morgan fingerprint density at radius 2 is 1.64 bits per heavy atom. The largest absolute Gasteiger partial charge is 0.495 e. The summed E-state index contributed by atoms with van der Waals surface area (Å²) in [4.78, 5) is 2.43. The molecule has 2 fully saturated rings. The minimum atomic E-state index is -0.290. The topological polar surface area (TPSA) is 33.7 Å².